The Labute approximate surface area is 196 Å². The summed E-state index contributed by atoms with van der Waals surface area (Å²) in [5.41, 5.74) is 2.45. The third kappa shape index (κ3) is 5.35. The SMILES string of the molecule is CCOc1ccc(-n2c(SCC(=O)Nc3ccccc3OC)nnc2-c2ccccc2)cc1. The molecule has 1 heterocycles. The average Bonchev–Trinajstić information content (AvgIpc) is 3.28. The van der Waals surface area contributed by atoms with Crippen LogP contribution in [-0.2, 0) is 4.79 Å². The molecule has 1 aromatic heterocycles. The number of carbonyl (C=O) groups excluding carboxylic acids is 1. The summed E-state index contributed by atoms with van der Waals surface area (Å²) in [7, 11) is 1.57. The van der Waals surface area contributed by atoms with E-state index in [2.05, 4.69) is 15.5 Å². The molecule has 33 heavy (non-hydrogen) atoms. The van der Waals surface area contributed by atoms with Gasteiger partial charge in [-0.25, -0.2) is 0 Å². The number of hydrogen-bond acceptors (Lipinski definition) is 6. The maximum absolute atomic E-state index is 12.6. The molecule has 0 radical (unpaired) electrons. The van der Waals surface area contributed by atoms with E-state index in [4.69, 9.17) is 9.47 Å². The van der Waals surface area contributed by atoms with Crippen molar-refractivity contribution in [3.8, 4) is 28.6 Å². The van der Waals surface area contributed by atoms with Crippen molar-refractivity contribution < 1.29 is 14.3 Å². The zero-order chi connectivity index (χ0) is 23.0. The summed E-state index contributed by atoms with van der Waals surface area (Å²) in [5.74, 6) is 2.11. The zero-order valence-electron chi connectivity index (χ0n) is 18.4. The minimum Gasteiger partial charge on any atom is -0.495 e. The fraction of sp³-hybridized carbons (Fsp3) is 0.160. The highest BCUT2D eigenvalue weighted by Crippen LogP contribution is 2.29. The summed E-state index contributed by atoms with van der Waals surface area (Å²) < 4.78 is 12.8. The van der Waals surface area contributed by atoms with Gasteiger partial charge >= 0.3 is 0 Å². The second kappa shape index (κ2) is 10.7. The van der Waals surface area contributed by atoms with Gasteiger partial charge in [0.1, 0.15) is 11.5 Å². The summed E-state index contributed by atoms with van der Waals surface area (Å²) in [6.45, 7) is 2.55. The summed E-state index contributed by atoms with van der Waals surface area (Å²) >= 11 is 1.32. The number of anilines is 1. The minimum absolute atomic E-state index is 0.160. The number of nitrogens with one attached hydrogen (secondary N) is 1. The van der Waals surface area contributed by atoms with E-state index in [0.29, 0.717) is 29.0 Å². The molecule has 0 aliphatic heterocycles. The monoisotopic (exact) mass is 460 g/mol. The number of aromatic nitrogens is 3. The van der Waals surface area contributed by atoms with Crippen LogP contribution in [0, 0.1) is 0 Å². The molecule has 0 bridgehead atoms. The van der Waals surface area contributed by atoms with Gasteiger partial charge in [-0.2, -0.15) is 0 Å². The van der Waals surface area contributed by atoms with Crippen LogP contribution in [0.3, 0.4) is 0 Å². The topological polar surface area (TPSA) is 78.3 Å². The number of ether oxygens (including phenoxy) is 2. The fourth-order valence-corrected chi connectivity index (χ4v) is 4.04. The Morgan fingerprint density at radius 3 is 2.42 bits per heavy atom. The second-order valence-electron chi connectivity index (χ2n) is 6.97. The number of methoxy groups -OCH3 is 1. The normalized spacial score (nSPS) is 10.6. The van der Waals surface area contributed by atoms with E-state index in [9.17, 15) is 4.79 Å². The van der Waals surface area contributed by atoms with Crippen molar-refractivity contribution in [2.75, 3.05) is 24.8 Å². The van der Waals surface area contributed by atoms with E-state index in [1.807, 2.05) is 78.2 Å². The first kappa shape index (κ1) is 22.4. The van der Waals surface area contributed by atoms with Crippen molar-refractivity contribution in [3.05, 3.63) is 78.9 Å². The number of hydrogen-bond donors (Lipinski definition) is 1. The summed E-state index contributed by atoms with van der Waals surface area (Å²) in [4.78, 5) is 12.6. The van der Waals surface area contributed by atoms with Gasteiger partial charge in [0.25, 0.3) is 0 Å². The van der Waals surface area contributed by atoms with Crippen LogP contribution in [0.2, 0.25) is 0 Å². The van der Waals surface area contributed by atoms with Gasteiger partial charge in [-0.1, -0.05) is 54.2 Å². The van der Waals surface area contributed by atoms with Crippen molar-refractivity contribution in [1.29, 1.82) is 0 Å². The number of nitrogens with zero attached hydrogens (tertiary/aromatic N) is 3. The van der Waals surface area contributed by atoms with Gasteiger partial charge in [-0.05, 0) is 43.3 Å². The van der Waals surface area contributed by atoms with Gasteiger partial charge in [0.2, 0.25) is 5.91 Å². The molecule has 4 aromatic rings. The van der Waals surface area contributed by atoms with Crippen LogP contribution >= 0.6 is 11.8 Å². The van der Waals surface area contributed by atoms with Gasteiger partial charge in [0.15, 0.2) is 11.0 Å². The lowest BCUT2D eigenvalue weighted by Gasteiger charge is -2.12. The second-order valence-corrected chi connectivity index (χ2v) is 7.91. The summed E-state index contributed by atoms with van der Waals surface area (Å²) in [6.07, 6.45) is 0. The van der Waals surface area contributed by atoms with Crippen molar-refractivity contribution in [1.82, 2.24) is 14.8 Å². The summed E-state index contributed by atoms with van der Waals surface area (Å²) in [6, 6.07) is 24.9. The Hall–Kier alpha value is -3.78. The minimum atomic E-state index is -0.160. The molecule has 0 spiro atoms. The molecule has 8 heteroatoms. The zero-order valence-corrected chi connectivity index (χ0v) is 19.2. The van der Waals surface area contributed by atoms with E-state index in [-0.39, 0.29) is 11.7 Å². The molecule has 3 aromatic carbocycles. The number of thioether (sulfide) groups is 1. The Bertz CT molecular complexity index is 1210. The van der Waals surface area contributed by atoms with Gasteiger partial charge < -0.3 is 14.8 Å². The van der Waals surface area contributed by atoms with E-state index in [1.54, 1.807) is 19.2 Å². The molecule has 0 fully saturated rings. The molecule has 0 aliphatic rings. The largest absolute Gasteiger partial charge is 0.495 e. The standard InChI is InChI=1S/C25H24N4O3S/c1-3-32-20-15-13-19(14-16-20)29-24(18-9-5-4-6-10-18)27-28-25(29)33-17-23(30)26-21-11-7-8-12-22(21)31-2/h4-16H,3,17H2,1-2H3,(H,26,30). The number of para-hydroxylation sites is 2. The van der Waals surface area contributed by atoms with Crippen molar-refractivity contribution >= 4 is 23.4 Å². The van der Waals surface area contributed by atoms with E-state index in [0.717, 1.165) is 17.0 Å². The number of rotatable bonds is 9. The molecule has 0 saturated heterocycles. The first-order valence-corrected chi connectivity index (χ1v) is 11.5. The molecular weight excluding hydrogens is 436 g/mol. The third-order valence-electron chi connectivity index (χ3n) is 4.78. The number of carbonyl (C=O) groups is 1. The van der Waals surface area contributed by atoms with E-state index >= 15 is 0 Å². The van der Waals surface area contributed by atoms with Crippen molar-refractivity contribution in [2.24, 2.45) is 0 Å². The molecule has 4 rings (SSSR count). The molecule has 0 atom stereocenters. The number of amides is 1. The van der Waals surface area contributed by atoms with E-state index < -0.39 is 0 Å². The first-order chi connectivity index (χ1) is 16.2. The van der Waals surface area contributed by atoms with Gasteiger partial charge in [0.05, 0.1) is 25.2 Å². The maximum Gasteiger partial charge on any atom is 0.234 e. The van der Waals surface area contributed by atoms with Crippen LogP contribution < -0.4 is 14.8 Å². The Morgan fingerprint density at radius 1 is 0.970 bits per heavy atom. The van der Waals surface area contributed by atoms with Crippen LogP contribution in [-0.4, -0.2) is 40.1 Å². The molecule has 1 N–H and O–H groups in total. The first-order valence-electron chi connectivity index (χ1n) is 10.5. The third-order valence-corrected chi connectivity index (χ3v) is 5.71. The summed E-state index contributed by atoms with van der Waals surface area (Å²) in [5, 5.41) is 12.3. The van der Waals surface area contributed by atoms with Crippen LogP contribution in [0.25, 0.3) is 17.1 Å². The molecule has 1 amide bonds. The highest BCUT2D eigenvalue weighted by molar-refractivity contribution is 7.99. The highest BCUT2D eigenvalue weighted by atomic mass is 32.2. The lowest BCUT2D eigenvalue weighted by Crippen LogP contribution is -2.15. The van der Waals surface area contributed by atoms with E-state index in [1.165, 1.54) is 11.8 Å². The van der Waals surface area contributed by atoms with Gasteiger partial charge in [-0.3, -0.25) is 9.36 Å². The fourth-order valence-electron chi connectivity index (χ4n) is 3.29. The lowest BCUT2D eigenvalue weighted by atomic mass is 10.2. The molecular formula is C25H24N4O3S. The Balaban J connectivity index is 1.59. The van der Waals surface area contributed by atoms with Crippen LogP contribution in [0.1, 0.15) is 6.92 Å². The molecule has 0 unspecified atom stereocenters. The highest BCUT2D eigenvalue weighted by Gasteiger charge is 2.18. The van der Waals surface area contributed by atoms with Gasteiger partial charge in [-0.15, -0.1) is 10.2 Å². The molecule has 0 saturated carbocycles. The predicted molar refractivity (Wildman–Crippen MR) is 130 cm³/mol. The Morgan fingerprint density at radius 2 is 1.70 bits per heavy atom. The van der Waals surface area contributed by atoms with Crippen LogP contribution in [0.4, 0.5) is 5.69 Å². The lowest BCUT2D eigenvalue weighted by molar-refractivity contribution is -0.113. The van der Waals surface area contributed by atoms with Crippen LogP contribution in [0.15, 0.2) is 84.0 Å². The Kier molecular flexibility index (Phi) is 7.26. The van der Waals surface area contributed by atoms with Crippen LogP contribution in [0.5, 0.6) is 11.5 Å². The molecule has 168 valence electrons. The van der Waals surface area contributed by atoms with Gasteiger partial charge in [0, 0.05) is 11.3 Å². The quantitative estimate of drug-likeness (QED) is 0.351. The predicted octanol–water partition coefficient (Wildman–Crippen LogP) is 5.07. The molecule has 0 aliphatic carbocycles. The number of benzene rings is 3. The maximum atomic E-state index is 12.6. The van der Waals surface area contributed by atoms with Crippen molar-refractivity contribution in [2.45, 2.75) is 12.1 Å². The smallest absolute Gasteiger partial charge is 0.234 e. The average molecular weight is 461 g/mol. The molecule has 7 nitrogen and oxygen atoms in total. The van der Waals surface area contributed by atoms with Crippen molar-refractivity contribution in [3.63, 3.8) is 0 Å².